The lowest BCUT2D eigenvalue weighted by Gasteiger charge is -2.07. The molecule has 0 atom stereocenters. The Morgan fingerprint density at radius 2 is 1.76 bits per heavy atom. The molecule has 0 saturated heterocycles. The van der Waals surface area contributed by atoms with Crippen LogP contribution >= 0.6 is 11.6 Å². The predicted molar refractivity (Wildman–Crippen MR) is 77.9 cm³/mol. The number of aromatic hydroxyl groups is 3. The molecular weight excluding hydrogens is 296 g/mol. The van der Waals surface area contributed by atoms with Crippen molar-refractivity contribution in [3.05, 3.63) is 51.6 Å². The van der Waals surface area contributed by atoms with Crippen LogP contribution in [0.5, 0.6) is 17.2 Å². The van der Waals surface area contributed by atoms with Gasteiger partial charge >= 0.3 is 0 Å². The van der Waals surface area contributed by atoms with E-state index in [1.165, 1.54) is 6.07 Å². The molecule has 1 heterocycles. The van der Waals surface area contributed by atoms with Crippen LogP contribution < -0.4 is 5.43 Å². The Bertz CT molecular complexity index is 914. The third kappa shape index (κ3) is 2.17. The molecule has 21 heavy (non-hydrogen) atoms. The van der Waals surface area contributed by atoms with Crippen LogP contribution in [0.3, 0.4) is 0 Å². The summed E-state index contributed by atoms with van der Waals surface area (Å²) in [6, 6.07) is 8.96. The first kappa shape index (κ1) is 13.3. The van der Waals surface area contributed by atoms with Gasteiger partial charge in [0.25, 0.3) is 0 Å². The van der Waals surface area contributed by atoms with Crippen LogP contribution in [0.25, 0.3) is 22.3 Å². The summed E-state index contributed by atoms with van der Waals surface area (Å²) in [5, 5.41) is 29.0. The Balaban J connectivity index is 2.34. The second kappa shape index (κ2) is 4.71. The van der Waals surface area contributed by atoms with Crippen molar-refractivity contribution in [3.63, 3.8) is 0 Å². The SMILES string of the molecule is O=c1cc(-c2cccc(Cl)c2)oc2cc(O)c(O)c(O)c12. The lowest BCUT2D eigenvalue weighted by molar-refractivity contribution is 0.370. The van der Waals surface area contributed by atoms with E-state index in [2.05, 4.69) is 0 Å². The van der Waals surface area contributed by atoms with Crippen LogP contribution in [0.4, 0.5) is 0 Å². The number of phenols is 3. The summed E-state index contributed by atoms with van der Waals surface area (Å²) in [6.45, 7) is 0. The molecule has 0 fully saturated rings. The van der Waals surface area contributed by atoms with Crippen LogP contribution in [0.1, 0.15) is 0 Å². The minimum atomic E-state index is -0.759. The molecule has 0 radical (unpaired) electrons. The minimum Gasteiger partial charge on any atom is -0.504 e. The van der Waals surface area contributed by atoms with E-state index >= 15 is 0 Å². The molecule has 0 amide bonds. The van der Waals surface area contributed by atoms with Crippen molar-refractivity contribution >= 4 is 22.6 Å². The lowest BCUT2D eigenvalue weighted by atomic mass is 10.1. The van der Waals surface area contributed by atoms with Crippen LogP contribution in [0.15, 0.2) is 45.6 Å². The maximum absolute atomic E-state index is 12.1. The molecule has 3 rings (SSSR count). The molecule has 0 saturated carbocycles. The molecular formula is C15H9ClO5. The fourth-order valence-corrected chi connectivity index (χ4v) is 2.25. The average molecular weight is 305 g/mol. The van der Waals surface area contributed by atoms with Crippen molar-refractivity contribution in [3.8, 4) is 28.6 Å². The van der Waals surface area contributed by atoms with Crippen LogP contribution in [0.2, 0.25) is 5.02 Å². The molecule has 6 heteroatoms. The molecule has 0 unspecified atom stereocenters. The molecule has 3 aromatic rings. The smallest absolute Gasteiger partial charge is 0.201 e. The average Bonchev–Trinajstić information content (AvgIpc) is 2.44. The van der Waals surface area contributed by atoms with Crippen molar-refractivity contribution < 1.29 is 19.7 Å². The number of phenolic OH excluding ortho intramolecular Hbond substituents is 3. The van der Waals surface area contributed by atoms with Gasteiger partial charge in [-0.05, 0) is 12.1 Å². The van der Waals surface area contributed by atoms with Gasteiger partial charge in [-0.15, -0.1) is 0 Å². The molecule has 3 N–H and O–H groups in total. The van der Waals surface area contributed by atoms with Gasteiger partial charge in [0.2, 0.25) is 5.75 Å². The number of halogens is 1. The van der Waals surface area contributed by atoms with Crippen molar-refractivity contribution in [2.75, 3.05) is 0 Å². The summed E-state index contributed by atoms with van der Waals surface area (Å²) >= 11 is 5.89. The van der Waals surface area contributed by atoms with Gasteiger partial charge in [-0.1, -0.05) is 23.7 Å². The van der Waals surface area contributed by atoms with Gasteiger partial charge in [-0.2, -0.15) is 0 Å². The summed E-state index contributed by atoms with van der Waals surface area (Å²) in [4.78, 5) is 12.1. The van der Waals surface area contributed by atoms with Crippen LogP contribution in [0, 0.1) is 0 Å². The molecule has 0 aliphatic rings. The highest BCUT2D eigenvalue weighted by molar-refractivity contribution is 6.30. The van der Waals surface area contributed by atoms with Crippen molar-refractivity contribution in [2.24, 2.45) is 0 Å². The zero-order valence-corrected chi connectivity index (χ0v) is 11.3. The summed E-state index contributed by atoms with van der Waals surface area (Å²) < 4.78 is 5.51. The van der Waals surface area contributed by atoms with Crippen molar-refractivity contribution in [1.29, 1.82) is 0 Å². The normalized spacial score (nSPS) is 10.9. The van der Waals surface area contributed by atoms with Crippen LogP contribution in [-0.2, 0) is 0 Å². The van der Waals surface area contributed by atoms with E-state index in [4.69, 9.17) is 16.0 Å². The molecule has 0 aliphatic carbocycles. The molecule has 0 spiro atoms. The fourth-order valence-electron chi connectivity index (χ4n) is 2.06. The van der Waals surface area contributed by atoms with E-state index in [1.54, 1.807) is 24.3 Å². The number of benzene rings is 2. The maximum Gasteiger partial charge on any atom is 0.201 e. The second-order valence-corrected chi connectivity index (χ2v) is 4.89. The number of rotatable bonds is 1. The van der Waals surface area contributed by atoms with Gasteiger partial charge < -0.3 is 19.7 Å². The summed E-state index contributed by atoms with van der Waals surface area (Å²) in [5.41, 5.74) is -0.00199. The second-order valence-electron chi connectivity index (χ2n) is 4.45. The lowest BCUT2D eigenvalue weighted by Crippen LogP contribution is -2.00. The first-order valence-electron chi connectivity index (χ1n) is 5.95. The molecule has 106 valence electrons. The first-order valence-corrected chi connectivity index (χ1v) is 6.33. The Hall–Kier alpha value is -2.66. The van der Waals surface area contributed by atoms with E-state index in [0.29, 0.717) is 10.6 Å². The summed E-state index contributed by atoms with van der Waals surface area (Å²) in [7, 11) is 0. The van der Waals surface area contributed by atoms with Crippen molar-refractivity contribution in [2.45, 2.75) is 0 Å². The molecule has 2 aromatic carbocycles. The monoisotopic (exact) mass is 304 g/mol. The summed E-state index contributed by atoms with van der Waals surface area (Å²) in [5.74, 6) is -1.81. The quantitative estimate of drug-likeness (QED) is 0.600. The maximum atomic E-state index is 12.1. The zero-order chi connectivity index (χ0) is 15.1. The van der Waals surface area contributed by atoms with Gasteiger partial charge in [0, 0.05) is 22.7 Å². The minimum absolute atomic E-state index is 0.0368. The predicted octanol–water partition coefficient (Wildman–Crippen LogP) is 3.23. The molecule has 5 nitrogen and oxygen atoms in total. The van der Waals surface area contributed by atoms with E-state index < -0.39 is 22.7 Å². The van der Waals surface area contributed by atoms with Crippen LogP contribution in [-0.4, -0.2) is 15.3 Å². The Kier molecular flexibility index (Phi) is 2.99. The van der Waals surface area contributed by atoms with Gasteiger partial charge in [-0.25, -0.2) is 0 Å². The number of fused-ring (bicyclic) bond motifs is 1. The molecule has 1 aromatic heterocycles. The third-order valence-electron chi connectivity index (χ3n) is 3.06. The van der Waals surface area contributed by atoms with Gasteiger partial charge in [0.1, 0.15) is 16.7 Å². The molecule has 0 aliphatic heterocycles. The van der Waals surface area contributed by atoms with Gasteiger partial charge in [0.15, 0.2) is 16.9 Å². The van der Waals surface area contributed by atoms with E-state index in [1.807, 2.05) is 0 Å². The van der Waals surface area contributed by atoms with Gasteiger partial charge in [0.05, 0.1) is 0 Å². The Labute approximate surface area is 123 Å². The molecule has 0 bridgehead atoms. The number of hydrogen-bond acceptors (Lipinski definition) is 5. The Morgan fingerprint density at radius 1 is 1.00 bits per heavy atom. The standard InChI is InChI=1S/C15H9ClO5/c16-8-3-1-2-7(4-8)11-5-9(17)13-12(21-11)6-10(18)14(19)15(13)20/h1-6,18-20H. The van der Waals surface area contributed by atoms with Gasteiger partial charge in [-0.3, -0.25) is 4.79 Å². The highest BCUT2D eigenvalue weighted by Gasteiger charge is 2.17. The largest absolute Gasteiger partial charge is 0.504 e. The summed E-state index contributed by atoms with van der Waals surface area (Å²) in [6.07, 6.45) is 0. The number of hydrogen-bond donors (Lipinski definition) is 3. The zero-order valence-electron chi connectivity index (χ0n) is 10.5. The topological polar surface area (TPSA) is 90.9 Å². The highest BCUT2D eigenvalue weighted by atomic mass is 35.5. The van der Waals surface area contributed by atoms with Crippen molar-refractivity contribution in [1.82, 2.24) is 0 Å². The first-order chi connectivity index (χ1) is 9.97. The Morgan fingerprint density at radius 3 is 2.48 bits per heavy atom. The fraction of sp³-hybridized carbons (Fsp3) is 0. The third-order valence-corrected chi connectivity index (χ3v) is 3.29. The van der Waals surface area contributed by atoms with E-state index in [9.17, 15) is 20.1 Å². The van der Waals surface area contributed by atoms with E-state index in [0.717, 1.165) is 6.07 Å². The van der Waals surface area contributed by atoms with E-state index in [-0.39, 0.29) is 16.7 Å². The highest BCUT2D eigenvalue weighted by Crippen LogP contribution is 2.40.